The number of nitrogens with one attached hydrogen (secondary N) is 2. The number of hydrogen-bond acceptors (Lipinski definition) is 4. The summed E-state index contributed by atoms with van der Waals surface area (Å²) >= 11 is 0. The van der Waals surface area contributed by atoms with Gasteiger partial charge in [-0.15, -0.1) is 0 Å². The van der Waals surface area contributed by atoms with Crippen LogP contribution < -0.4 is 16.4 Å². The zero-order valence-corrected chi connectivity index (χ0v) is 9.56. The second kappa shape index (κ2) is 8.34. The summed E-state index contributed by atoms with van der Waals surface area (Å²) in [6.07, 6.45) is 0.165. The standard InChI is InChI=1S/C9H17N3O5/c1-17-4-2-3-11-9(16)12-6(8(14)15)5-7(10)13/h6H,2-5H2,1H3,(H2,10,13)(H,14,15)(H2,11,12,16)/t6-/m1/s1. The number of amides is 3. The molecule has 0 heterocycles. The van der Waals surface area contributed by atoms with Crippen LogP contribution in [0.15, 0.2) is 0 Å². The van der Waals surface area contributed by atoms with Gasteiger partial charge in [-0.2, -0.15) is 0 Å². The number of primary amides is 1. The lowest BCUT2D eigenvalue weighted by Gasteiger charge is -2.13. The molecule has 0 rings (SSSR count). The average Bonchev–Trinajstić information content (AvgIpc) is 2.22. The fourth-order valence-electron chi connectivity index (χ4n) is 1.03. The number of hydrogen-bond donors (Lipinski definition) is 4. The third-order valence-electron chi connectivity index (χ3n) is 1.82. The van der Waals surface area contributed by atoms with Gasteiger partial charge in [0.25, 0.3) is 0 Å². The Morgan fingerprint density at radius 1 is 1.41 bits per heavy atom. The molecule has 0 bridgehead atoms. The number of carbonyl (C=O) groups is 3. The van der Waals surface area contributed by atoms with Gasteiger partial charge in [0.2, 0.25) is 5.91 Å². The maximum atomic E-state index is 11.2. The Morgan fingerprint density at radius 3 is 2.53 bits per heavy atom. The first-order valence-corrected chi connectivity index (χ1v) is 5.01. The van der Waals surface area contributed by atoms with Crippen LogP contribution in [0.1, 0.15) is 12.8 Å². The third kappa shape index (κ3) is 8.03. The summed E-state index contributed by atoms with van der Waals surface area (Å²) in [6, 6.07) is -1.97. The smallest absolute Gasteiger partial charge is 0.326 e. The number of methoxy groups -OCH3 is 1. The van der Waals surface area contributed by atoms with Gasteiger partial charge in [0.1, 0.15) is 6.04 Å². The number of aliphatic carboxylic acids is 1. The highest BCUT2D eigenvalue weighted by Gasteiger charge is 2.21. The van der Waals surface area contributed by atoms with E-state index in [1.54, 1.807) is 0 Å². The molecule has 0 aromatic rings. The van der Waals surface area contributed by atoms with Crippen LogP contribution in [0.4, 0.5) is 4.79 Å². The van der Waals surface area contributed by atoms with E-state index in [0.29, 0.717) is 19.6 Å². The monoisotopic (exact) mass is 247 g/mol. The molecule has 8 heteroatoms. The van der Waals surface area contributed by atoms with E-state index >= 15 is 0 Å². The molecule has 98 valence electrons. The fourth-order valence-corrected chi connectivity index (χ4v) is 1.03. The van der Waals surface area contributed by atoms with Crippen LogP contribution in [0, 0.1) is 0 Å². The van der Waals surface area contributed by atoms with E-state index in [1.165, 1.54) is 7.11 Å². The molecular weight excluding hydrogens is 230 g/mol. The van der Waals surface area contributed by atoms with E-state index in [2.05, 4.69) is 10.6 Å². The molecule has 0 aliphatic heterocycles. The summed E-state index contributed by atoms with van der Waals surface area (Å²) in [7, 11) is 1.54. The van der Waals surface area contributed by atoms with E-state index in [-0.39, 0.29) is 0 Å². The van der Waals surface area contributed by atoms with Crippen LogP contribution in [-0.2, 0) is 14.3 Å². The van der Waals surface area contributed by atoms with Crippen LogP contribution >= 0.6 is 0 Å². The van der Waals surface area contributed by atoms with Crippen LogP contribution in [0.3, 0.4) is 0 Å². The second-order valence-corrected chi connectivity index (χ2v) is 3.31. The molecule has 0 saturated carbocycles. The van der Waals surface area contributed by atoms with Crippen molar-refractivity contribution in [1.29, 1.82) is 0 Å². The number of carboxylic acids is 1. The topological polar surface area (TPSA) is 131 Å². The highest BCUT2D eigenvalue weighted by molar-refractivity contribution is 5.87. The van der Waals surface area contributed by atoms with Crippen molar-refractivity contribution in [3.63, 3.8) is 0 Å². The summed E-state index contributed by atoms with van der Waals surface area (Å²) in [6.45, 7) is 0.840. The molecule has 5 N–H and O–H groups in total. The van der Waals surface area contributed by atoms with E-state index in [0.717, 1.165) is 0 Å². The van der Waals surface area contributed by atoms with Crippen LogP contribution in [0.2, 0.25) is 0 Å². The minimum absolute atomic E-state index is 0.350. The van der Waals surface area contributed by atoms with Crippen molar-refractivity contribution < 1.29 is 24.2 Å². The van der Waals surface area contributed by atoms with Gasteiger partial charge in [-0.3, -0.25) is 4.79 Å². The molecule has 0 radical (unpaired) electrons. The summed E-state index contributed by atoms with van der Waals surface area (Å²) in [5.41, 5.74) is 4.86. The fraction of sp³-hybridized carbons (Fsp3) is 0.667. The predicted octanol–water partition coefficient (Wildman–Crippen LogP) is -1.35. The number of carbonyl (C=O) groups excluding carboxylic acids is 2. The zero-order valence-electron chi connectivity index (χ0n) is 9.56. The van der Waals surface area contributed by atoms with Crippen LogP contribution in [0.5, 0.6) is 0 Å². The van der Waals surface area contributed by atoms with Gasteiger partial charge in [-0.25, -0.2) is 9.59 Å². The Balaban J connectivity index is 3.96. The van der Waals surface area contributed by atoms with Gasteiger partial charge in [0.15, 0.2) is 0 Å². The molecule has 0 unspecified atom stereocenters. The number of ether oxygens (including phenoxy) is 1. The average molecular weight is 247 g/mol. The number of urea groups is 1. The first-order valence-electron chi connectivity index (χ1n) is 5.01. The molecule has 8 nitrogen and oxygen atoms in total. The first kappa shape index (κ1) is 15.2. The van der Waals surface area contributed by atoms with Gasteiger partial charge >= 0.3 is 12.0 Å². The Labute approximate surface area is 98.5 Å². The van der Waals surface area contributed by atoms with E-state index < -0.39 is 30.4 Å². The van der Waals surface area contributed by atoms with Gasteiger partial charge < -0.3 is 26.2 Å². The van der Waals surface area contributed by atoms with Crippen molar-refractivity contribution in [3.05, 3.63) is 0 Å². The Morgan fingerprint density at radius 2 is 2.06 bits per heavy atom. The Bertz CT molecular complexity index is 282. The van der Waals surface area contributed by atoms with Crippen molar-refractivity contribution in [2.24, 2.45) is 5.73 Å². The van der Waals surface area contributed by atoms with Gasteiger partial charge in [-0.1, -0.05) is 0 Å². The van der Waals surface area contributed by atoms with Crippen LogP contribution in [-0.4, -0.2) is 49.3 Å². The van der Waals surface area contributed by atoms with Gasteiger partial charge in [0, 0.05) is 20.3 Å². The summed E-state index contributed by atoms with van der Waals surface area (Å²) in [5.74, 6) is -2.10. The number of nitrogens with two attached hydrogens (primary N) is 1. The summed E-state index contributed by atoms with van der Waals surface area (Å²) < 4.78 is 4.77. The maximum Gasteiger partial charge on any atom is 0.326 e. The molecule has 0 spiro atoms. The molecular formula is C9H17N3O5. The molecule has 0 aliphatic rings. The quantitative estimate of drug-likeness (QED) is 0.394. The lowest BCUT2D eigenvalue weighted by molar-refractivity contribution is -0.140. The van der Waals surface area contributed by atoms with Crippen molar-refractivity contribution in [2.75, 3.05) is 20.3 Å². The maximum absolute atomic E-state index is 11.2. The lowest BCUT2D eigenvalue weighted by atomic mass is 10.2. The van der Waals surface area contributed by atoms with Gasteiger partial charge in [-0.05, 0) is 6.42 Å². The SMILES string of the molecule is COCCCNC(=O)N[C@H](CC(N)=O)C(=O)O. The third-order valence-corrected chi connectivity index (χ3v) is 1.82. The highest BCUT2D eigenvalue weighted by Crippen LogP contribution is 1.91. The molecule has 0 fully saturated rings. The summed E-state index contributed by atoms with van der Waals surface area (Å²) in [4.78, 5) is 32.5. The number of rotatable bonds is 8. The van der Waals surface area contributed by atoms with Gasteiger partial charge in [0.05, 0.1) is 6.42 Å². The first-order chi connectivity index (χ1) is 7.97. The Kier molecular flexibility index (Phi) is 7.44. The minimum atomic E-state index is -1.31. The predicted molar refractivity (Wildman–Crippen MR) is 58.3 cm³/mol. The van der Waals surface area contributed by atoms with E-state index in [1.807, 2.05) is 0 Å². The zero-order chi connectivity index (χ0) is 13.3. The van der Waals surface area contributed by atoms with Crippen molar-refractivity contribution in [2.45, 2.75) is 18.9 Å². The molecule has 0 saturated heterocycles. The van der Waals surface area contributed by atoms with Crippen molar-refractivity contribution in [3.8, 4) is 0 Å². The molecule has 0 aromatic heterocycles. The highest BCUT2D eigenvalue weighted by atomic mass is 16.5. The molecule has 3 amide bonds. The molecule has 17 heavy (non-hydrogen) atoms. The van der Waals surface area contributed by atoms with Crippen molar-refractivity contribution in [1.82, 2.24) is 10.6 Å². The number of carboxylic acid groups (broad SMARTS) is 1. The normalized spacial score (nSPS) is 11.6. The van der Waals surface area contributed by atoms with E-state index in [4.69, 9.17) is 15.6 Å². The largest absolute Gasteiger partial charge is 0.480 e. The molecule has 0 aliphatic carbocycles. The minimum Gasteiger partial charge on any atom is -0.480 e. The summed E-state index contributed by atoms with van der Waals surface area (Å²) in [5, 5.41) is 13.3. The van der Waals surface area contributed by atoms with E-state index in [9.17, 15) is 14.4 Å². The molecule has 0 aromatic carbocycles. The Hall–Kier alpha value is -1.83. The lowest BCUT2D eigenvalue weighted by Crippen LogP contribution is -2.47. The van der Waals surface area contributed by atoms with Crippen LogP contribution in [0.25, 0.3) is 0 Å². The second-order valence-electron chi connectivity index (χ2n) is 3.31. The van der Waals surface area contributed by atoms with Crippen molar-refractivity contribution >= 4 is 17.9 Å². The molecule has 1 atom stereocenters.